The number of nitrogens with one attached hydrogen (secondary N) is 1. The molecule has 7 heteroatoms. The largest absolute Gasteiger partial charge is 0.326 e. The zero-order valence-corrected chi connectivity index (χ0v) is 12.3. The van der Waals surface area contributed by atoms with Gasteiger partial charge < -0.3 is 10.6 Å². The van der Waals surface area contributed by atoms with Gasteiger partial charge >= 0.3 is 0 Å². The smallest absolute Gasteiger partial charge is 0.241 e. The topological polar surface area (TPSA) is 75.4 Å². The Morgan fingerprint density at radius 1 is 1.42 bits per heavy atom. The zero-order chi connectivity index (χ0) is 13.5. The van der Waals surface area contributed by atoms with Crippen LogP contribution in [0.15, 0.2) is 16.3 Å². The minimum atomic E-state index is -3.39. The molecule has 1 unspecified atom stereocenters. The number of thiophene rings is 1. The molecule has 1 aromatic rings. The molecular formula is C12H19N3O2S2. The lowest BCUT2D eigenvalue weighted by molar-refractivity contribution is 0.0827. The molecule has 1 aromatic heterocycles. The molecule has 3 aliphatic rings. The van der Waals surface area contributed by atoms with E-state index in [0.717, 1.165) is 37.4 Å². The van der Waals surface area contributed by atoms with Gasteiger partial charge in [-0.3, -0.25) is 0 Å². The number of hydrogen-bond acceptors (Lipinski definition) is 5. The van der Waals surface area contributed by atoms with Gasteiger partial charge in [-0.1, -0.05) is 0 Å². The first-order valence-electron chi connectivity index (χ1n) is 6.60. The van der Waals surface area contributed by atoms with Crippen molar-refractivity contribution in [1.82, 2.24) is 9.62 Å². The van der Waals surface area contributed by atoms with Crippen LogP contribution in [0.5, 0.6) is 0 Å². The first kappa shape index (κ1) is 13.5. The molecule has 0 aromatic carbocycles. The number of rotatable bonds is 4. The van der Waals surface area contributed by atoms with Gasteiger partial charge in [-0.25, -0.2) is 13.1 Å². The van der Waals surface area contributed by atoms with Crippen molar-refractivity contribution in [3.05, 3.63) is 16.3 Å². The molecule has 19 heavy (non-hydrogen) atoms. The average molecular weight is 301 g/mol. The monoisotopic (exact) mass is 301 g/mol. The number of nitrogens with zero attached hydrogens (tertiary/aromatic N) is 1. The number of sulfonamides is 1. The second-order valence-corrected chi connectivity index (χ2v) is 8.03. The quantitative estimate of drug-likeness (QED) is 0.853. The van der Waals surface area contributed by atoms with E-state index < -0.39 is 10.0 Å². The lowest BCUT2D eigenvalue weighted by Gasteiger charge is -2.44. The second kappa shape index (κ2) is 5.14. The van der Waals surface area contributed by atoms with E-state index >= 15 is 0 Å². The maximum atomic E-state index is 12.3. The Balaban J connectivity index is 1.74. The molecule has 106 valence electrons. The van der Waals surface area contributed by atoms with Gasteiger partial charge in [-0.05, 0) is 37.9 Å². The van der Waals surface area contributed by atoms with Crippen LogP contribution in [-0.4, -0.2) is 39.0 Å². The average Bonchev–Trinajstić information content (AvgIpc) is 2.89. The van der Waals surface area contributed by atoms with Crippen LogP contribution >= 0.6 is 11.3 Å². The van der Waals surface area contributed by atoms with Gasteiger partial charge in [0.1, 0.15) is 0 Å². The van der Waals surface area contributed by atoms with Crippen molar-refractivity contribution in [2.75, 3.05) is 19.6 Å². The Morgan fingerprint density at radius 2 is 2.16 bits per heavy atom. The van der Waals surface area contributed by atoms with Crippen LogP contribution in [0.3, 0.4) is 0 Å². The summed E-state index contributed by atoms with van der Waals surface area (Å²) in [5.74, 6) is 0.493. The Morgan fingerprint density at radius 3 is 2.68 bits per heavy atom. The minimum Gasteiger partial charge on any atom is -0.326 e. The van der Waals surface area contributed by atoms with Gasteiger partial charge in [0.15, 0.2) is 0 Å². The zero-order valence-electron chi connectivity index (χ0n) is 10.7. The van der Waals surface area contributed by atoms with Crippen molar-refractivity contribution in [1.29, 1.82) is 0 Å². The van der Waals surface area contributed by atoms with Gasteiger partial charge in [0.25, 0.3) is 0 Å². The molecule has 5 nitrogen and oxygen atoms in total. The molecule has 4 rings (SSSR count). The van der Waals surface area contributed by atoms with Crippen LogP contribution in [0.25, 0.3) is 0 Å². The Kier molecular flexibility index (Phi) is 3.65. The summed E-state index contributed by atoms with van der Waals surface area (Å²) in [6.07, 6.45) is 2.20. The van der Waals surface area contributed by atoms with E-state index in [-0.39, 0.29) is 6.04 Å². The van der Waals surface area contributed by atoms with E-state index in [1.807, 2.05) is 0 Å². The summed E-state index contributed by atoms with van der Waals surface area (Å²) in [5, 5.41) is 1.67. The Bertz CT molecular complexity index is 547. The third-order valence-electron chi connectivity index (χ3n) is 4.10. The standard InChI is InChI=1S/C12H19N3O2S2/c13-6-10-5-11(8-18-10)19(16,17)14-12-7-15-3-1-9(12)2-4-15/h5,8-9,12,14H,1-4,6-7,13H2. The summed E-state index contributed by atoms with van der Waals surface area (Å²) in [6.45, 7) is 3.45. The van der Waals surface area contributed by atoms with Crippen molar-refractivity contribution in [3.8, 4) is 0 Å². The summed E-state index contributed by atoms with van der Waals surface area (Å²) in [5.41, 5.74) is 5.53. The Labute approximate surface area is 117 Å². The van der Waals surface area contributed by atoms with Gasteiger partial charge in [-0.15, -0.1) is 11.3 Å². The molecule has 4 heterocycles. The third kappa shape index (κ3) is 2.71. The molecule has 1 atom stereocenters. The van der Waals surface area contributed by atoms with Crippen LogP contribution < -0.4 is 10.5 Å². The predicted octanol–water partition coefficient (Wildman–Crippen LogP) is 0.579. The van der Waals surface area contributed by atoms with Crippen LogP contribution in [0.2, 0.25) is 0 Å². The van der Waals surface area contributed by atoms with Gasteiger partial charge in [-0.2, -0.15) is 0 Å². The summed E-state index contributed by atoms with van der Waals surface area (Å²) < 4.78 is 27.6. The second-order valence-electron chi connectivity index (χ2n) is 5.32. The van der Waals surface area contributed by atoms with Gasteiger partial charge in [0.2, 0.25) is 10.0 Å². The summed E-state index contributed by atoms with van der Waals surface area (Å²) in [7, 11) is -3.39. The van der Waals surface area contributed by atoms with Crippen molar-refractivity contribution in [2.24, 2.45) is 11.7 Å². The highest BCUT2D eigenvalue weighted by atomic mass is 32.2. The van der Waals surface area contributed by atoms with Crippen molar-refractivity contribution in [2.45, 2.75) is 30.3 Å². The van der Waals surface area contributed by atoms with Crippen LogP contribution in [0.1, 0.15) is 17.7 Å². The molecule has 0 radical (unpaired) electrons. The van der Waals surface area contributed by atoms with Crippen molar-refractivity contribution in [3.63, 3.8) is 0 Å². The minimum absolute atomic E-state index is 0.0636. The SMILES string of the molecule is NCc1cc(S(=O)(=O)NC2CN3CCC2CC3)cs1. The summed E-state index contributed by atoms with van der Waals surface area (Å²) in [6, 6.07) is 1.74. The normalized spacial score (nSPS) is 30.7. The Hall–Kier alpha value is -0.470. The van der Waals surface area contributed by atoms with E-state index in [1.165, 1.54) is 11.3 Å². The molecule has 3 fully saturated rings. The number of fused-ring (bicyclic) bond motifs is 3. The van der Waals surface area contributed by atoms with Gasteiger partial charge in [0, 0.05) is 29.4 Å². The highest BCUT2D eigenvalue weighted by molar-refractivity contribution is 7.89. The van der Waals surface area contributed by atoms with Crippen LogP contribution in [-0.2, 0) is 16.6 Å². The fourth-order valence-corrected chi connectivity index (χ4v) is 5.43. The highest BCUT2D eigenvalue weighted by Gasteiger charge is 2.36. The molecule has 3 N–H and O–H groups in total. The molecule has 2 bridgehead atoms. The lowest BCUT2D eigenvalue weighted by Crippen LogP contribution is -2.57. The number of piperidine rings is 3. The molecule has 0 aliphatic carbocycles. The van der Waals surface area contributed by atoms with E-state index in [2.05, 4.69) is 9.62 Å². The van der Waals surface area contributed by atoms with Crippen LogP contribution in [0.4, 0.5) is 0 Å². The number of nitrogens with two attached hydrogens (primary N) is 1. The van der Waals surface area contributed by atoms with Crippen molar-refractivity contribution >= 4 is 21.4 Å². The number of hydrogen-bond donors (Lipinski definition) is 2. The molecule has 0 saturated carbocycles. The first-order chi connectivity index (χ1) is 9.08. The first-order valence-corrected chi connectivity index (χ1v) is 8.97. The fraction of sp³-hybridized carbons (Fsp3) is 0.667. The van der Waals surface area contributed by atoms with Gasteiger partial charge in [0.05, 0.1) is 4.90 Å². The molecule has 3 saturated heterocycles. The van der Waals surface area contributed by atoms with E-state index in [9.17, 15) is 8.42 Å². The third-order valence-corrected chi connectivity index (χ3v) is 6.68. The fourth-order valence-electron chi connectivity index (χ4n) is 2.97. The van der Waals surface area contributed by atoms with Crippen molar-refractivity contribution < 1.29 is 8.42 Å². The maximum Gasteiger partial charge on any atom is 0.241 e. The molecule has 0 spiro atoms. The van der Waals surface area contributed by atoms with E-state index in [0.29, 0.717) is 17.4 Å². The molecule has 0 amide bonds. The van der Waals surface area contributed by atoms with E-state index in [4.69, 9.17) is 5.73 Å². The summed E-state index contributed by atoms with van der Waals surface area (Å²) >= 11 is 1.40. The lowest BCUT2D eigenvalue weighted by atomic mass is 9.85. The van der Waals surface area contributed by atoms with Crippen LogP contribution in [0, 0.1) is 5.92 Å². The van der Waals surface area contributed by atoms with E-state index in [1.54, 1.807) is 11.4 Å². The maximum absolute atomic E-state index is 12.3. The molecular weight excluding hydrogens is 282 g/mol. The predicted molar refractivity (Wildman–Crippen MR) is 75.5 cm³/mol. The summed E-state index contributed by atoms with van der Waals surface area (Å²) in [4.78, 5) is 3.59. The molecule has 3 aliphatic heterocycles. The highest BCUT2D eigenvalue weighted by Crippen LogP contribution is 2.29.